The Morgan fingerprint density at radius 2 is 1.74 bits per heavy atom. The van der Waals surface area contributed by atoms with Gasteiger partial charge >= 0.3 is 0 Å². The number of rotatable bonds is 7. The standard InChI is InChI=1S/C29H27ClN2O4S2/c1-16-10-18(3)27(19(4)11-16)31-26(33)15-36-23-9-7-20(12-24(23)35-5)13-25-28(34)32(29(37)38-25)21-8-6-17(2)22(30)14-21/h6-14H,15H2,1-5H3,(H,31,33)/b25-13-. The van der Waals surface area contributed by atoms with Crippen LogP contribution in [0.4, 0.5) is 11.4 Å². The summed E-state index contributed by atoms with van der Waals surface area (Å²) in [6, 6.07) is 14.7. The lowest BCUT2D eigenvalue weighted by atomic mass is 10.1. The van der Waals surface area contributed by atoms with Gasteiger partial charge in [-0.25, -0.2) is 0 Å². The van der Waals surface area contributed by atoms with Crippen LogP contribution in [0, 0.1) is 27.7 Å². The molecular formula is C29H27ClN2O4S2. The third-order valence-electron chi connectivity index (χ3n) is 5.99. The van der Waals surface area contributed by atoms with Crippen molar-refractivity contribution in [2.45, 2.75) is 27.7 Å². The third-order valence-corrected chi connectivity index (χ3v) is 7.70. The number of methoxy groups -OCH3 is 1. The minimum atomic E-state index is -0.272. The van der Waals surface area contributed by atoms with E-state index >= 15 is 0 Å². The van der Waals surface area contributed by atoms with E-state index in [1.54, 1.807) is 30.3 Å². The zero-order valence-corrected chi connectivity index (χ0v) is 24.1. The number of aryl methyl sites for hydroxylation is 4. The maximum atomic E-state index is 13.1. The van der Waals surface area contributed by atoms with Gasteiger partial charge in [0.2, 0.25) is 0 Å². The van der Waals surface area contributed by atoms with Gasteiger partial charge in [0.1, 0.15) is 0 Å². The van der Waals surface area contributed by atoms with E-state index in [1.165, 1.54) is 23.8 Å². The smallest absolute Gasteiger partial charge is 0.270 e. The first-order chi connectivity index (χ1) is 18.1. The molecule has 0 spiro atoms. The minimum Gasteiger partial charge on any atom is -0.493 e. The number of hydrogen-bond donors (Lipinski definition) is 1. The largest absolute Gasteiger partial charge is 0.493 e. The molecule has 9 heteroatoms. The molecule has 196 valence electrons. The van der Waals surface area contributed by atoms with Gasteiger partial charge < -0.3 is 14.8 Å². The maximum Gasteiger partial charge on any atom is 0.270 e. The van der Waals surface area contributed by atoms with E-state index in [9.17, 15) is 9.59 Å². The second-order valence-electron chi connectivity index (χ2n) is 8.97. The van der Waals surface area contributed by atoms with Crippen molar-refractivity contribution in [2.24, 2.45) is 0 Å². The van der Waals surface area contributed by atoms with Crippen LogP contribution in [-0.2, 0) is 9.59 Å². The van der Waals surface area contributed by atoms with Crippen LogP contribution in [0.25, 0.3) is 6.08 Å². The van der Waals surface area contributed by atoms with Crippen LogP contribution in [0.2, 0.25) is 5.02 Å². The highest BCUT2D eigenvalue weighted by molar-refractivity contribution is 8.27. The van der Waals surface area contributed by atoms with Crippen LogP contribution in [0.1, 0.15) is 27.8 Å². The highest BCUT2D eigenvalue weighted by Crippen LogP contribution is 2.38. The number of ether oxygens (including phenoxy) is 2. The fourth-order valence-corrected chi connectivity index (χ4v) is 5.63. The van der Waals surface area contributed by atoms with E-state index in [0.29, 0.717) is 31.4 Å². The minimum absolute atomic E-state index is 0.180. The number of nitrogens with one attached hydrogen (secondary N) is 1. The summed E-state index contributed by atoms with van der Waals surface area (Å²) in [5.74, 6) is 0.359. The SMILES string of the molecule is COc1cc(/C=C2\SC(=S)N(c3ccc(C)c(Cl)c3)C2=O)ccc1OCC(=O)Nc1c(C)cc(C)cc1C. The van der Waals surface area contributed by atoms with Crippen molar-refractivity contribution in [1.82, 2.24) is 0 Å². The number of nitrogens with zero attached hydrogens (tertiary/aromatic N) is 1. The number of halogens is 1. The highest BCUT2D eigenvalue weighted by atomic mass is 35.5. The summed E-state index contributed by atoms with van der Waals surface area (Å²) in [6.45, 7) is 7.66. The van der Waals surface area contributed by atoms with Gasteiger partial charge in [0.15, 0.2) is 22.4 Å². The van der Waals surface area contributed by atoms with Crippen molar-refractivity contribution in [3.63, 3.8) is 0 Å². The Labute approximate surface area is 237 Å². The quantitative estimate of drug-likeness (QED) is 0.245. The first-order valence-electron chi connectivity index (χ1n) is 11.8. The molecule has 3 aromatic carbocycles. The van der Waals surface area contributed by atoms with Crippen LogP contribution >= 0.6 is 35.6 Å². The summed E-state index contributed by atoms with van der Waals surface area (Å²) in [5, 5.41) is 3.49. The van der Waals surface area contributed by atoms with E-state index in [4.69, 9.17) is 33.3 Å². The van der Waals surface area contributed by atoms with Gasteiger partial charge in [0.05, 0.1) is 17.7 Å². The van der Waals surface area contributed by atoms with Crippen molar-refractivity contribution in [2.75, 3.05) is 23.9 Å². The molecule has 2 amide bonds. The second kappa shape index (κ2) is 11.6. The molecule has 0 aliphatic carbocycles. The molecule has 1 saturated heterocycles. The average Bonchev–Trinajstić information content (AvgIpc) is 3.14. The molecule has 0 unspecified atom stereocenters. The third kappa shape index (κ3) is 6.04. The number of carbonyl (C=O) groups excluding carboxylic acids is 2. The molecule has 1 aliphatic heterocycles. The first kappa shape index (κ1) is 27.7. The van der Waals surface area contributed by atoms with Crippen LogP contribution in [0.15, 0.2) is 53.4 Å². The Hall–Kier alpha value is -3.33. The number of hydrogen-bond acceptors (Lipinski definition) is 6. The molecule has 3 aromatic rings. The Kier molecular flexibility index (Phi) is 8.45. The second-order valence-corrected chi connectivity index (χ2v) is 11.1. The normalized spacial score (nSPS) is 14.3. The van der Waals surface area contributed by atoms with E-state index in [1.807, 2.05) is 52.0 Å². The lowest BCUT2D eigenvalue weighted by molar-refractivity contribution is -0.118. The molecular weight excluding hydrogens is 540 g/mol. The monoisotopic (exact) mass is 566 g/mol. The Morgan fingerprint density at radius 1 is 1.03 bits per heavy atom. The molecule has 6 nitrogen and oxygen atoms in total. The van der Waals surface area contributed by atoms with E-state index in [2.05, 4.69) is 5.32 Å². The van der Waals surface area contributed by atoms with Gasteiger partial charge in [-0.05, 0) is 80.3 Å². The molecule has 1 aliphatic rings. The van der Waals surface area contributed by atoms with Crippen molar-refractivity contribution >= 4 is 69.2 Å². The van der Waals surface area contributed by atoms with Crippen LogP contribution in [-0.4, -0.2) is 29.9 Å². The number of amides is 2. The van der Waals surface area contributed by atoms with Crippen molar-refractivity contribution in [3.8, 4) is 11.5 Å². The number of thioether (sulfide) groups is 1. The van der Waals surface area contributed by atoms with E-state index < -0.39 is 0 Å². The molecule has 0 radical (unpaired) electrons. The summed E-state index contributed by atoms with van der Waals surface area (Å²) in [4.78, 5) is 27.7. The fraction of sp³-hybridized carbons (Fsp3) is 0.207. The Bertz CT molecular complexity index is 1460. The van der Waals surface area contributed by atoms with Crippen LogP contribution in [0.5, 0.6) is 11.5 Å². The average molecular weight is 567 g/mol. The molecule has 0 saturated carbocycles. The molecule has 0 atom stereocenters. The van der Waals surface area contributed by atoms with E-state index in [-0.39, 0.29) is 18.4 Å². The summed E-state index contributed by atoms with van der Waals surface area (Å²) in [7, 11) is 1.52. The molecule has 1 heterocycles. The number of thiocarbonyl (C=S) groups is 1. The predicted molar refractivity (Wildman–Crippen MR) is 160 cm³/mol. The summed E-state index contributed by atoms with van der Waals surface area (Å²) >= 11 is 12.9. The first-order valence-corrected chi connectivity index (χ1v) is 13.4. The summed E-state index contributed by atoms with van der Waals surface area (Å²) in [6.07, 6.45) is 1.75. The topological polar surface area (TPSA) is 67.9 Å². The zero-order chi connectivity index (χ0) is 27.6. The molecule has 0 bridgehead atoms. The number of benzene rings is 3. The van der Waals surface area contributed by atoms with Gasteiger partial charge in [0.25, 0.3) is 11.8 Å². The highest BCUT2D eigenvalue weighted by Gasteiger charge is 2.33. The molecule has 0 aromatic heterocycles. The fourth-order valence-electron chi connectivity index (χ4n) is 4.15. The predicted octanol–water partition coefficient (Wildman–Crippen LogP) is 7.01. The van der Waals surface area contributed by atoms with Crippen molar-refractivity contribution < 1.29 is 19.1 Å². The lowest BCUT2D eigenvalue weighted by Crippen LogP contribution is -2.27. The lowest BCUT2D eigenvalue weighted by Gasteiger charge is -2.15. The Morgan fingerprint density at radius 3 is 2.39 bits per heavy atom. The number of anilines is 2. The Balaban J connectivity index is 1.47. The molecule has 38 heavy (non-hydrogen) atoms. The van der Waals surface area contributed by atoms with E-state index in [0.717, 1.165) is 33.5 Å². The summed E-state index contributed by atoms with van der Waals surface area (Å²) in [5.41, 5.74) is 6.19. The van der Waals surface area contributed by atoms with Crippen molar-refractivity contribution in [3.05, 3.63) is 86.3 Å². The van der Waals surface area contributed by atoms with Gasteiger partial charge in [-0.2, -0.15) is 0 Å². The van der Waals surface area contributed by atoms with Crippen LogP contribution in [0.3, 0.4) is 0 Å². The maximum absolute atomic E-state index is 13.1. The van der Waals surface area contributed by atoms with Gasteiger partial charge in [0, 0.05) is 10.7 Å². The molecule has 4 rings (SSSR count). The summed E-state index contributed by atoms with van der Waals surface area (Å²) < 4.78 is 11.7. The zero-order valence-electron chi connectivity index (χ0n) is 21.7. The van der Waals surface area contributed by atoms with Gasteiger partial charge in [-0.1, -0.05) is 65.4 Å². The molecule has 1 N–H and O–H groups in total. The van der Waals surface area contributed by atoms with Crippen molar-refractivity contribution in [1.29, 1.82) is 0 Å². The van der Waals surface area contributed by atoms with Gasteiger partial charge in [-0.15, -0.1) is 0 Å². The van der Waals surface area contributed by atoms with Gasteiger partial charge in [-0.3, -0.25) is 14.5 Å². The molecule has 1 fully saturated rings. The number of carbonyl (C=O) groups is 2. The van der Waals surface area contributed by atoms with Crippen LogP contribution < -0.4 is 19.7 Å².